The highest BCUT2D eigenvalue weighted by Crippen LogP contribution is 2.16. The third-order valence-electron chi connectivity index (χ3n) is 3.68. The van der Waals surface area contributed by atoms with Gasteiger partial charge in [0.2, 0.25) is 0 Å². The molecule has 2 rings (SSSR count). The first-order chi connectivity index (χ1) is 10.3. The monoisotopic (exact) mass is 325 g/mol. The zero-order valence-corrected chi connectivity index (χ0v) is 14.5. The molecule has 0 fully saturated rings. The minimum atomic E-state index is -3.61. The summed E-state index contributed by atoms with van der Waals surface area (Å²) in [6, 6.07) is 0. The second-order valence-electron chi connectivity index (χ2n) is 5.58. The summed E-state index contributed by atoms with van der Waals surface area (Å²) in [6.45, 7) is 10.7. The van der Waals surface area contributed by atoms with Crippen LogP contribution in [0.1, 0.15) is 49.5 Å². The highest BCUT2D eigenvalue weighted by Gasteiger charge is 2.20. The molecule has 22 heavy (non-hydrogen) atoms. The van der Waals surface area contributed by atoms with Crippen molar-refractivity contribution >= 4 is 10.0 Å². The number of aromatic nitrogens is 4. The second kappa shape index (κ2) is 6.21. The number of hydrogen-bond acceptors (Lipinski definition) is 4. The van der Waals surface area contributed by atoms with Crippen molar-refractivity contribution in [3.05, 3.63) is 29.0 Å². The van der Waals surface area contributed by atoms with Gasteiger partial charge >= 0.3 is 0 Å². The van der Waals surface area contributed by atoms with Crippen LogP contribution in [0, 0.1) is 13.8 Å². The van der Waals surface area contributed by atoms with Crippen molar-refractivity contribution in [2.24, 2.45) is 0 Å². The first-order valence-electron chi connectivity index (χ1n) is 7.33. The molecule has 0 aliphatic carbocycles. The lowest BCUT2D eigenvalue weighted by molar-refractivity contribution is 0.577. The molecule has 0 bridgehead atoms. The predicted octanol–water partition coefficient (Wildman–Crippen LogP) is 1.84. The van der Waals surface area contributed by atoms with Gasteiger partial charge in [0.05, 0.1) is 11.9 Å². The van der Waals surface area contributed by atoms with Crippen LogP contribution in [0.25, 0.3) is 0 Å². The molecular weight excluding hydrogens is 302 g/mol. The summed E-state index contributed by atoms with van der Waals surface area (Å²) >= 11 is 0. The maximum Gasteiger partial charge on any atom is 0.257 e. The van der Waals surface area contributed by atoms with Crippen molar-refractivity contribution in [1.82, 2.24) is 24.5 Å². The van der Waals surface area contributed by atoms with Crippen molar-refractivity contribution in [1.29, 1.82) is 0 Å². The summed E-state index contributed by atoms with van der Waals surface area (Å²) in [7, 11) is -3.61. The Morgan fingerprint density at radius 2 is 2.05 bits per heavy atom. The van der Waals surface area contributed by atoms with E-state index in [4.69, 9.17) is 0 Å². The summed E-state index contributed by atoms with van der Waals surface area (Å²) in [5, 5.41) is 4.48. The van der Waals surface area contributed by atoms with Crippen LogP contribution in [0.5, 0.6) is 0 Å². The molecule has 0 aromatic carbocycles. The van der Waals surface area contributed by atoms with Crippen LogP contribution >= 0.6 is 0 Å². The third kappa shape index (κ3) is 3.22. The lowest BCUT2D eigenvalue weighted by Gasteiger charge is -2.06. The van der Waals surface area contributed by atoms with E-state index in [-0.39, 0.29) is 17.5 Å². The Morgan fingerprint density at radius 1 is 1.36 bits per heavy atom. The number of rotatable bonds is 6. The average molecular weight is 325 g/mol. The molecule has 7 nitrogen and oxygen atoms in total. The Bertz CT molecular complexity index is 758. The van der Waals surface area contributed by atoms with E-state index in [0.29, 0.717) is 5.82 Å². The molecule has 0 spiro atoms. The Hall–Kier alpha value is -1.67. The maximum absolute atomic E-state index is 12.3. The van der Waals surface area contributed by atoms with Gasteiger partial charge in [0, 0.05) is 30.3 Å². The number of nitrogens with zero attached hydrogens (tertiary/aromatic N) is 3. The number of aromatic amines is 1. The number of hydrogen-bond donors (Lipinski definition) is 2. The summed E-state index contributed by atoms with van der Waals surface area (Å²) in [5.74, 6) is 0.808. The Kier molecular flexibility index (Phi) is 4.72. The van der Waals surface area contributed by atoms with Gasteiger partial charge in [-0.1, -0.05) is 13.8 Å². The quantitative estimate of drug-likeness (QED) is 0.847. The van der Waals surface area contributed by atoms with Crippen LogP contribution in [0.15, 0.2) is 11.2 Å². The van der Waals surface area contributed by atoms with E-state index in [1.165, 1.54) is 6.20 Å². The molecule has 2 heterocycles. The van der Waals surface area contributed by atoms with Gasteiger partial charge in [0.25, 0.3) is 10.0 Å². The summed E-state index contributed by atoms with van der Waals surface area (Å²) in [6.07, 6.45) is 1.35. The minimum Gasteiger partial charge on any atom is -0.332 e. The van der Waals surface area contributed by atoms with Gasteiger partial charge in [-0.05, 0) is 20.8 Å². The number of H-pyrrole nitrogens is 1. The van der Waals surface area contributed by atoms with Crippen LogP contribution < -0.4 is 4.72 Å². The lowest BCUT2D eigenvalue weighted by Crippen LogP contribution is -2.24. The molecule has 0 saturated heterocycles. The zero-order valence-electron chi connectivity index (χ0n) is 13.6. The van der Waals surface area contributed by atoms with Crippen LogP contribution in [0.4, 0.5) is 0 Å². The first kappa shape index (κ1) is 16.7. The average Bonchev–Trinajstić information content (AvgIpc) is 3.03. The minimum absolute atomic E-state index is 0.0920. The number of nitrogens with one attached hydrogen (secondary N) is 2. The molecule has 0 aliphatic rings. The molecule has 2 aromatic rings. The van der Waals surface area contributed by atoms with Crippen LogP contribution in [0.2, 0.25) is 0 Å². The van der Waals surface area contributed by atoms with E-state index < -0.39 is 10.0 Å². The number of aryl methyl sites for hydroxylation is 2. The van der Waals surface area contributed by atoms with Crippen LogP contribution in [-0.2, 0) is 23.1 Å². The zero-order chi connectivity index (χ0) is 16.5. The Labute approximate surface area is 131 Å². The SMILES string of the molecule is CCn1nc(C)c(CNS(=O)(=O)c2cnc(C(C)C)[nH]2)c1C. The standard InChI is InChI=1S/C14H23N5O2S/c1-6-19-11(5)12(10(4)18-19)7-16-22(20,21)13-8-15-14(17-13)9(2)3/h8-9,16H,6-7H2,1-5H3,(H,15,17). The van der Waals surface area contributed by atoms with Crippen molar-refractivity contribution < 1.29 is 8.42 Å². The highest BCUT2D eigenvalue weighted by molar-refractivity contribution is 7.89. The molecule has 0 aliphatic heterocycles. The van der Waals surface area contributed by atoms with Gasteiger partial charge in [-0.25, -0.2) is 18.1 Å². The summed E-state index contributed by atoms with van der Waals surface area (Å²) in [5.41, 5.74) is 2.73. The topological polar surface area (TPSA) is 92.7 Å². The highest BCUT2D eigenvalue weighted by atomic mass is 32.2. The van der Waals surface area contributed by atoms with Crippen molar-refractivity contribution in [2.75, 3.05) is 0 Å². The number of imidazole rings is 1. The second-order valence-corrected chi connectivity index (χ2v) is 7.31. The summed E-state index contributed by atoms with van der Waals surface area (Å²) in [4.78, 5) is 6.95. The predicted molar refractivity (Wildman–Crippen MR) is 84.1 cm³/mol. The van der Waals surface area contributed by atoms with Gasteiger partial charge in [0.1, 0.15) is 5.82 Å². The molecule has 2 N–H and O–H groups in total. The van der Waals surface area contributed by atoms with E-state index in [9.17, 15) is 8.42 Å². The first-order valence-corrected chi connectivity index (χ1v) is 8.82. The van der Waals surface area contributed by atoms with Crippen LogP contribution in [-0.4, -0.2) is 28.2 Å². The van der Waals surface area contributed by atoms with Crippen molar-refractivity contribution in [3.63, 3.8) is 0 Å². The van der Waals surface area contributed by atoms with E-state index in [1.54, 1.807) is 0 Å². The molecule has 0 atom stereocenters. The molecule has 0 unspecified atom stereocenters. The fourth-order valence-corrected chi connectivity index (χ4v) is 3.21. The van der Waals surface area contributed by atoms with E-state index >= 15 is 0 Å². The maximum atomic E-state index is 12.3. The van der Waals surface area contributed by atoms with Crippen molar-refractivity contribution in [2.45, 2.75) is 58.7 Å². The normalized spacial score (nSPS) is 12.3. The van der Waals surface area contributed by atoms with Gasteiger partial charge in [-0.3, -0.25) is 4.68 Å². The fourth-order valence-electron chi connectivity index (χ4n) is 2.29. The van der Waals surface area contributed by atoms with Gasteiger partial charge in [-0.15, -0.1) is 0 Å². The smallest absolute Gasteiger partial charge is 0.257 e. The Morgan fingerprint density at radius 3 is 2.55 bits per heavy atom. The summed E-state index contributed by atoms with van der Waals surface area (Å²) < 4.78 is 29.1. The molecule has 2 aromatic heterocycles. The molecule has 0 amide bonds. The molecule has 0 saturated carbocycles. The van der Waals surface area contributed by atoms with Crippen LogP contribution in [0.3, 0.4) is 0 Å². The molecule has 0 radical (unpaired) electrons. The van der Waals surface area contributed by atoms with E-state index in [0.717, 1.165) is 23.5 Å². The number of sulfonamides is 1. The van der Waals surface area contributed by atoms with Gasteiger partial charge < -0.3 is 4.98 Å². The van der Waals surface area contributed by atoms with E-state index in [1.807, 2.05) is 39.3 Å². The fraction of sp³-hybridized carbons (Fsp3) is 0.571. The molecular formula is C14H23N5O2S. The molecule has 122 valence electrons. The van der Waals surface area contributed by atoms with E-state index in [2.05, 4.69) is 19.8 Å². The molecule has 8 heteroatoms. The van der Waals surface area contributed by atoms with Gasteiger partial charge in [-0.2, -0.15) is 5.10 Å². The van der Waals surface area contributed by atoms with Crippen molar-refractivity contribution in [3.8, 4) is 0 Å². The lowest BCUT2D eigenvalue weighted by atomic mass is 10.2. The largest absolute Gasteiger partial charge is 0.332 e. The van der Waals surface area contributed by atoms with Gasteiger partial charge in [0.15, 0.2) is 5.03 Å². The third-order valence-corrected chi connectivity index (χ3v) is 4.99. The Balaban J connectivity index is 2.17.